The van der Waals surface area contributed by atoms with Gasteiger partial charge < -0.3 is 5.32 Å². The normalized spacial score (nSPS) is 33.0. The second-order valence-corrected chi connectivity index (χ2v) is 4.45. The molecule has 0 unspecified atom stereocenters. The molecule has 1 aliphatic carbocycles. The van der Waals surface area contributed by atoms with Gasteiger partial charge in [-0.1, -0.05) is 6.92 Å². The lowest BCUT2D eigenvalue weighted by molar-refractivity contribution is 0.583. The van der Waals surface area contributed by atoms with E-state index in [4.69, 9.17) is 0 Å². The molecule has 0 aromatic carbocycles. The van der Waals surface area contributed by atoms with Gasteiger partial charge in [0.05, 0.1) is 0 Å². The summed E-state index contributed by atoms with van der Waals surface area (Å²) in [7, 11) is 2.07. The van der Waals surface area contributed by atoms with Crippen molar-refractivity contribution < 1.29 is 0 Å². The Morgan fingerprint density at radius 2 is 2.30 bits per heavy atom. The highest BCUT2D eigenvalue weighted by molar-refractivity contribution is 7.99. The van der Waals surface area contributed by atoms with E-state index in [9.17, 15) is 0 Å². The van der Waals surface area contributed by atoms with Crippen molar-refractivity contribution in [2.75, 3.05) is 12.8 Å². The van der Waals surface area contributed by atoms with Crippen LogP contribution in [0, 0.1) is 0 Å². The van der Waals surface area contributed by atoms with Crippen molar-refractivity contribution in [1.29, 1.82) is 0 Å². The van der Waals surface area contributed by atoms with Crippen LogP contribution in [0.2, 0.25) is 0 Å². The minimum Gasteiger partial charge on any atom is -0.317 e. The molecule has 2 atom stereocenters. The molecule has 0 radical (unpaired) electrons. The van der Waals surface area contributed by atoms with Gasteiger partial charge in [-0.05, 0) is 32.1 Å². The molecule has 0 saturated heterocycles. The van der Waals surface area contributed by atoms with Crippen LogP contribution < -0.4 is 5.32 Å². The molecule has 0 spiro atoms. The zero-order valence-electron chi connectivity index (χ0n) is 6.89. The van der Waals surface area contributed by atoms with E-state index in [2.05, 4.69) is 31.1 Å². The van der Waals surface area contributed by atoms with Gasteiger partial charge >= 0.3 is 0 Å². The first kappa shape index (κ1) is 8.41. The van der Waals surface area contributed by atoms with Crippen LogP contribution in [-0.2, 0) is 0 Å². The highest BCUT2D eigenvalue weighted by Gasteiger charge is 2.22. The van der Waals surface area contributed by atoms with Crippen molar-refractivity contribution in [2.24, 2.45) is 0 Å². The fourth-order valence-electron chi connectivity index (χ4n) is 1.59. The molecule has 1 nitrogen and oxygen atoms in total. The summed E-state index contributed by atoms with van der Waals surface area (Å²) >= 11 is 2.12. The van der Waals surface area contributed by atoms with E-state index < -0.39 is 0 Å². The molecule has 1 aliphatic rings. The lowest BCUT2D eigenvalue weighted by atomic mass is 10.3. The summed E-state index contributed by atoms with van der Waals surface area (Å²) in [5.41, 5.74) is 0. The Hall–Kier alpha value is 0.310. The Labute approximate surface area is 68.0 Å². The van der Waals surface area contributed by atoms with E-state index in [1.54, 1.807) is 0 Å². The zero-order valence-corrected chi connectivity index (χ0v) is 7.71. The second-order valence-electron chi connectivity index (χ2n) is 2.88. The Balaban J connectivity index is 2.15. The fourth-order valence-corrected chi connectivity index (χ4v) is 2.73. The Morgan fingerprint density at radius 1 is 1.50 bits per heavy atom. The summed E-state index contributed by atoms with van der Waals surface area (Å²) in [6.45, 7) is 2.25. The minimum atomic E-state index is 0.809. The third kappa shape index (κ3) is 2.17. The number of hydrogen-bond acceptors (Lipinski definition) is 2. The summed E-state index contributed by atoms with van der Waals surface area (Å²) in [6.07, 6.45) is 4.19. The second kappa shape index (κ2) is 4.24. The van der Waals surface area contributed by atoms with Crippen LogP contribution in [0.25, 0.3) is 0 Å². The zero-order chi connectivity index (χ0) is 7.40. The van der Waals surface area contributed by atoms with Crippen molar-refractivity contribution in [2.45, 2.75) is 37.5 Å². The molecule has 0 amide bonds. The molecule has 0 bridgehead atoms. The first-order valence-electron chi connectivity index (χ1n) is 4.15. The van der Waals surface area contributed by atoms with E-state index in [0.717, 1.165) is 11.3 Å². The summed E-state index contributed by atoms with van der Waals surface area (Å²) in [4.78, 5) is 0. The van der Waals surface area contributed by atoms with Gasteiger partial charge in [0.2, 0.25) is 0 Å². The molecule has 1 rings (SSSR count). The van der Waals surface area contributed by atoms with Crippen molar-refractivity contribution in [3.8, 4) is 0 Å². The molecule has 60 valence electrons. The number of rotatable bonds is 3. The van der Waals surface area contributed by atoms with Gasteiger partial charge in [-0.3, -0.25) is 0 Å². The third-order valence-electron chi connectivity index (χ3n) is 2.20. The largest absolute Gasteiger partial charge is 0.317 e. The summed E-state index contributed by atoms with van der Waals surface area (Å²) < 4.78 is 0. The van der Waals surface area contributed by atoms with Crippen molar-refractivity contribution >= 4 is 11.8 Å². The monoisotopic (exact) mass is 159 g/mol. The van der Waals surface area contributed by atoms with Gasteiger partial charge in [0, 0.05) is 11.3 Å². The van der Waals surface area contributed by atoms with Crippen LogP contribution in [0.3, 0.4) is 0 Å². The van der Waals surface area contributed by atoms with E-state index in [1.807, 2.05) is 0 Å². The quantitative estimate of drug-likeness (QED) is 0.675. The maximum absolute atomic E-state index is 3.34. The van der Waals surface area contributed by atoms with E-state index in [1.165, 1.54) is 25.0 Å². The maximum atomic E-state index is 3.34. The first-order chi connectivity index (χ1) is 4.86. The standard InChI is InChI=1S/C8H17NS/c1-3-10-8-5-4-7(6-8)9-2/h7-9H,3-6H2,1-2H3/t7-,8+/m1/s1. The molecule has 0 aromatic heterocycles. The number of hydrogen-bond donors (Lipinski definition) is 1. The molecular formula is C8H17NS. The lowest BCUT2D eigenvalue weighted by Crippen LogP contribution is -2.21. The predicted octanol–water partition coefficient (Wildman–Crippen LogP) is 1.88. The predicted molar refractivity (Wildman–Crippen MR) is 48.6 cm³/mol. The highest BCUT2D eigenvalue weighted by Crippen LogP contribution is 2.29. The van der Waals surface area contributed by atoms with Crippen LogP contribution in [0.15, 0.2) is 0 Å². The summed E-state index contributed by atoms with van der Waals surface area (Å²) in [6, 6.07) is 0.809. The molecule has 10 heavy (non-hydrogen) atoms. The summed E-state index contributed by atoms with van der Waals surface area (Å²) in [5, 5.41) is 4.29. The third-order valence-corrected chi connectivity index (χ3v) is 3.43. The Morgan fingerprint density at radius 3 is 2.80 bits per heavy atom. The molecule has 0 heterocycles. The molecule has 1 saturated carbocycles. The van der Waals surface area contributed by atoms with Crippen LogP contribution in [0.1, 0.15) is 26.2 Å². The van der Waals surface area contributed by atoms with Crippen LogP contribution in [0.4, 0.5) is 0 Å². The summed E-state index contributed by atoms with van der Waals surface area (Å²) in [5.74, 6) is 1.28. The van der Waals surface area contributed by atoms with E-state index in [-0.39, 0.29) is 0 Å². The molecule has 1 N–H and O–H groups in total. The minimum absolute atomic E-state index is 0.809. The molecular weight excluding hydrogens is 142 g/mol. The van der Waals surface area contributed by atoms with Gasteiger partial charge in [0.25, 0.3) is 0 Å². The van der Waals surface area contributed by atoms with Crippen LogP contribution in [0.5, 0.6) is 0 Å². The molecule has 1 fully saturated rings. The van der Waals surface area contributed by atoms with Gasteiger partial charge in [-0.2, -0.15) is 11.8 Å². The van der Waals surface area contributed by atoms with Crippen LogP contribution in [-0.4, -0.2) is 24.1 Å². The SMILES string of the molecule is CCS[C@H]1CC[C@@H](NC)C1. The topological polar surface area (TPSA) is 12.0 Å². The lowest BCUT2D eigenvalue weighted by Gasteiger charge is -2.08. The van der Waals surface area contributed by atoms with Gasteiger partial charge in [0.1, 0.15) is 0 Å². The van der Waals surface area contributed by atoms with Gasteiger partial charge in [-0.25, -0.2) is 0 Å². The number of thioether (sulfide) groups is 1. The average molecular weight is 159 g/mol. The van der Waals surface area contributed by atoms with E-state index in [0.29, 0.717) is 0 Å². The fraction of sp³-hybridized carbons (Fsp3) is 1.00. The molecule has 0 aromatic rings. The van der Waals surface area contributed by atoms with Crippen molar-refractivity contribution in [3.63, 3.8) is 0 Å². The van der Waals surface area contributed by atoms with Crippen molar-refractivity contribution in [3.05, 3.63) is 0 Å². The smallest absolute Gasteiger partial charge is 0.00750 e. The van der Waals surface area contributed by atoms with Crippen molar-refractivity contribution in [1.82, 2.24) is 5.32 Å². The highest BCUT2D eigenvalue weighted by atomic mass is 32.2. The first-order valence-corrected chi connectivity index (χ1v) is 5.20. The molecule has 2 heteroatoms. The van der Waals surface area contributed by atoms with Crippen LogP contribution >= 0.6 is 11.8 Å². The van der Waals surface area contributed by atoms with Gasteiger partial charge in [0.15, 0.2) is 0 Å². The maximum Gasteiger partial charge on any atom is 0.00750 e. The Bertz CT molecular complexity index is 95.3. The van der Waals surface area contributed by atoms with E-state index >= 15 is 0 Å². The van der Waals surface area contributed by atoms with Gasteiger partial charge in [-0.15, -0.1) is 0 Å². The number of nitrogens with one attached hydrogen (secondary N) is 1. The Kier molecular flexibility index (Phi) is 3.57. The molecule has 0 aliphatic heterocycles. The average Bonchev–Trinajstić information content (AvgIpc) is 2.37.